The van der Waals surface area contributed by atoms with E-state index in [1.54, 1.807) is 6.92 Å². The number of ether oxygens (including phenoxy) is 1. The monoisotopic (exact) mass is 507 g/mol. The molecule has 0 bridgehead atoms. The molecule has 4 rings (SSSR count). The van der Waals surface area contributed by atoms with Crippen LogP contribution in [-0.4, -0.2) is 44.7 Å². The van der Waals surface area contributed by atoms with Crippen LogP contribution in [0.25, 0.3) is 5.76 Å². The zero-order chi connectivity index (χ0) is 26.2. The van der Waals surface area contributed by atoms with E-state index in [2.05, 4.69) is 31.0 Å². The fraction of sp³-hybridized carbons (Fsp3) is 0.269. The highest BCUT2D eigenvalue weighted by Crippen LogP contribution is 2.43. The molecule has 2 aromatic carbocycles. The Kier molecular flexibility index (Phi) is 6.64. The van der Waals surface area contributed by atoms with Crippen molar-refractivity contribution in [2.75, 3.05) is 11.5 Å². The standard InChI is InChI=1S/C26H25N3O6S/c1-14-27-28-25(36-14)29-21(15-5-9-17(10-6-15)26(2,3)4)20(23(33)24(29)34)22(32)16-7-11-18(12-8-16)35-13-19(30)31/h5-12,21,32H,13H2,1-4H3,(H,30,31). The van der Waals surface area contributed by atoms with E-state index in [4.69, 9.17) is 9.84 Å². The summed E-state index contributed by atoms with van der Waals surface area (Å²) in [4.78, 5) is 38.4. The van der Waals surface area contributed by atoms with E-state index >= 15 is 0 Å². The van der Waals surface area contributed by atoms with Gasteiger partial charge in [-0.3, -0.25) is 14.5 Å². The zero-order valence-electron chi connectivity index (χ0n) is 20.2. The summed E-state index contributed by atoms with van der Waals surface area (Å²) in [6.45, 7) is 7.49. The molecule has 1 aliphatic rings. The van der Waals surface area contributed by atoms with E-state index in [1.165, 1.54) is 40.5 Å². The van der Waals surface area contributed by atoms with Gasteiger partial charge in [0.25, 0.3) is 5.78 Å². The summed E-state index contributed by atoms with van der Waals surface area (Å²) in [5.74, 6) is -2.83. The van der Waals surface area contributed by atoms with Crippen LogP contribution in [0.1, 0.15) is 48.5 Å². The second kappa shape index (κ2) is 9.54. The Morgan fingerprint density at radius 2 is 1.67 bits per heavy atom. The van der Waals surface area contributed by atoms with Crippen LogP contribution in [0, 0.1) is 6.92 Å². The number of aromatic nitrogens is 2. The largest absolute Gasteiger partial charge is 0.507 e. The number of carbonyl (C=O) groups excluding carboxylic acids is 2. The first-order valence-electron chi connectivity index (χ1n) is 11.1. The Hall–Kier alpha value is -4.05. The molecule has 1 aliphatic heterocycles. The summed E-state index contributed by atoms with van der Waals surface area (Å²) in [6, 6.07) is 12.6. The average Bonchev–Trinajstić information content (AvgIpc) is 3.37. The van der Waals surface area contributed by atoms with Gasteiger partial charge in [0.15, 0.2) is 6.61 Å². The highest BCUT2D eigenvalue weighted by Gasteiger charge is 2.48. The Morgan fingerprint density at radius 1 is 1.03 bits per heavy atom. The molecule has 36 heavy (non-hydrogen) atoms. The minimum atomic E-state index is -1.12. The van der Waals surface area contributed by atoms with Gasteiger partial charge in [0.1, 0.15) is 16.5 Å². The molecule has 2 heterocycles. The van der Waals surface area contributed by atoms with Crippen molar-refractivity contribution in [3.05, 3.63) is 75.8 Å². The molecule has 1 atom stereocenters. The third-order valence-electron chi connectivity index (χ3n) is 5.75. The summed E-state index contributed by atoms with van der Waals surface area (Å²) in [7, 11) is 0. The van der Waals surface area contributed by atoms with E-state index < -0.39 is 30.3 Å². The quantitative estimate of drug-likeness (QED) is 0.288. The summed E-state index contributed by atoms with van der Waals surface area (Å²) in [5, 5.41) is 29.0. The first-order chi connectivity index (χ1) is 17.0. The summed E-state index contributed by atoms with van der Waals surface area (Å²) in [6.07, 6.45) is 0. The third-order valence-corrected chi connectivity index (χ3v) is 6.59. The SMILES string of the molecule is Cc1nnc(N2C(=O)C(=O)C(=C(O)c3ccc(OCC(=O)O)cc3)C2c2ccc(C(C)(C)C)cc2)s1. The Labute approximate surface area is 211 Å². The lowest BCUT2D eigenvalue weighted by molar-refractivity contribution is -0.139. The van der Waals surface area contributed by atoms with Crippen molar-refractivity contribution >= 4 is 39.9 Å². The number of rotatable bonds is 6. The first-order valence-corrected chi connectivity index (χ1v) is 12.0. The number of aryl methyl sites for hydroxylation is 1. The molecule has 0 spiro atoms. The topological polar surface area (TPSA) is 130 Å². The van der Waals surface area contributed by atoms with Gasteiger partial charge in [-0.05, 0) is 47.7 Å². The highest BCUT2D eigenvalue weighted by atomic mass is 32.1. The van der Waals surface area contributed by atoms with Crippen LogP contribution in [0.4, 0.5) is 5.13 Å². The van der Waals surface area contributed by atoms with E-state index in [-0.39, 0.29) is 33.2 Å². The number of carbonyl (C=O) groups is 3. The maximum absolute atomic E-state index is 13.2. The number of aliphatic carboxylic acids is 1. The number of aliphatic hydroxyl groups is 1. The van der Waals surface area contributed by atoms with Crippen molar-refractivity contribution in [1.29, 1.82) is 0 Å². The molecular weight excluding hydrogens is 482 g/mol. The predicted octanol–water partition coefficient (Wildman–Crippen LogP) is 4.23. The fourth-order valence-electron chi connectivity index (χ4n) is 3.90. The number of carboxylic acid groups (broad SMARTS) is 1. The van der Waals surface area contributed by atoms with Gasteiger partial charge in [0, 0.05) is 5.56 Å². The van der Waals surface area contributed by atoms with Crippen LogP contribution in [0.15, 0.2) is 54.1 Å². The zero-order valence-corrected chi connectivity index (χ0v) is 21.0. The summed E-state index contributed by atoms with van der Waals surface area (Å²) in [5.41, 5.74) is 1.82. The second-order valence-electron chi connectivity index (χ2n) is 9.35. The van der Waals surface area contributed by atoms with Crippen molar-refractivity contribution in [2.45, 2.75) is 39.2 Å². The lowest BCUT2D eigenvalue weighted by Gasteiger charge is -2.24. The van der Waals surface area contributed by atoms with Gasteiger partial charge in [-0.15, -0.1) is 10.2 Å². The molecule has 0 saturated carbocycles. The number of benzene rings is 2. The van der Waals surface area contributed by atoms with E-state index in [9.17, 15) is 19.5 Å². The number of hydrogen-bond donors (Lipinski definition) is 2. The molecule has 1 fully saturated rings. The van der Waals surface area contributed by atoms with Crippen molar-refractivity contribution < 1.29 is 29.3 Å². The number of carboxylic acids is 1. The third kappa shape index (κ3) is 4.85. The minimum Gasteiger partial charge on any atom is -0.507 e. The lowest BCUT2D eigenvalue weighted by Crippen LogP contribution is -2.29. The predicted molar refractivity (Wildman–Crippen MR) is 134 cm³/mol. The number of Topliss-reactive ketones (excluding diaryl/α,β-unsaturated/α-hetero) is 1. The van der Waals surface area contributed by atoms with Crippen LogP contribution in [0.3, 0.4) is 0 Å². The fourth-order valence-corrected chi connectivity index (χ4v) is 4.62. The van der Waals surface area contributed by atoms with Crippen molar-refractivity contribution in [3.63, 3.8) is 0 Å². The molecule has 1 unspecified atom stereocenters. The molecule has 1 amide bonds. The molecule has 0 radical (unpaired) electrons. The molecule has 2 N–H and O–H groups in total. The average molecular weight is 508 g/mol. The highest BCUT2D eigenvalue weighted by molar-refractivity contribution is 7.15. The maximum Gasteiger partial charge on any atom is 0.341 e. The smallest absolute Gasteiger partial charge is 0.341 e. The van der Waals surface area contributed by atoms with Crippen LogP contribution in [0.5, 0.6) is 5.75 Å². The van der Waals surface area contributed by atoms with Gasteiger partial charge in [0.2, 0.25) is 5.13 Å². The van der Waals surface area contributed by atoms with Gasteiger partial charge in [-0.25, -0.2) is 4.79 Å². The number of nitrogens with zero attached hydrogens (tertiary/aromatic N) is 3. The van der Waals surface area contributed by atoms with E-state index in [1.807, 2.05) is 24.3 Å². The molecule has 0 aliphatic carbocycles. The molecule has 186 valence electrons. The molecule has 9 nitrogen and oxygen atoms in total. The van der Waals surface area contributed by atoms with Crippen molar-refractivity contribution in [1.82, 2.24) is 10.2 Å². The Morgan fingerprint density at radius 3 is 2.19 bits per heavy atom. The summed E-state index contributed by atoms with van der Waals surface area (Å²) < 4.78 is 5.13. The van der Waals surface area contributed by atoms with E-state index in [0.29, 0.717) is 10.6 Å². The van der Waals surface area contributed by atoms with E-state index in [0.717, 1.165) is 5.56 Å². The number of aliphatic hydroxyl groups excluding tert-OH is 1. The molecule has 1 saturated heterocycles. The van der Waals surface area contributed by atoms with Gasteiger partial charge in [-0.1, -0.05) is 56.4 Å². The number of ketones is 1. The van der Waals surface area contributed by atoms with Crippen LogP contribution >= 0.6 is 11.3 Å². The molecule has 3 aromatic rings. The molecular formula is C26H25N3O6S. The van der Waals surface area contributed by atoms with Gasteiger partial charge < -0.3 is 14.9 Å². The second-order valence-corrected chi connectivity index (χ2v) is 10.5. The van der Waals surface area contributed by atoms with Crippen LogP contribution in [0.2, 0.25) is 0 Å². The Bertz CT molecular complexity index is 1350. The first kappa shape index (κ1) is 25.1. The minimum absolute atomic E-state index is 0.0735. The molecule has 10 heteroatoms. The van der Waals surface area contributed by atoms with Crippen LogP contribution < -0.4 is 9.64 Å². The van der Waals surface area contributed by atoms with Crippen LogP contribution in [-0.2, 0) is 19.8 Å². The number of anilines is 1. The number of amides is 1. The van der Waals surface area contributed by atoms with Gasteiger partial charge in [-0.2, -0.15) is 0 Å². The van der Waals surface area contributed by atoms with Crippen molar-refractivity contribution in [2.24, 2.45) is 0 Å². The molecule has 1 aromatic heterocycles. The maximum atomic E-state index is 13.2. The van der Waals surface area contributed by atoms with Gasteiger partial charge in [0.05, 0.1) is 11.6 Å². The van der Waals surface area contributed by atoms with Crippen molar-refractivity contribution in [3.8, 4) is 5.75 Å². The Balaban J connectivity index is 1.82. The summed E-state index contributed by atoms with van der Waals surface area (Å²) >= 11 is 1.18. The lowest BCUT2D eigenvalue weighted by atomic mass is 9.85. The van der Waals surface area contributed by atoms with Gasteiger partial charge >= 0.3 is 11.9 Å². The number of hydrogen-bond acceptors (Lipinski definition) is 8. The normalized spacial score (nSPS) is 17.4.